The summed E-state index contributed by atoms with van der Waals surface area (Å²) in [6.45, 7) is 0. The number of anilines is 1. The lowest BCUT2D eigenvalue weighted by Crippen LogP contribution is -2.22. The molecule has 1 aliphatic carbocycles. The Balaban J connectivity index is 2.24. The molecule has 1 N–H and O–H groups in total. The zero-order valence-electron chi connectivity index (χ0n) is 9.14. The van der Waals surface area contributed by atoms with Crippen molar-refractivity contribution in [1.82, 2.24) is 0 Å². The minimum atomic E-state index is -0.992. The van der Waals surface area contributed by atoms with E-state index in [-0.39, 0.29) is 16.4 Å². The number of halogens is 1. The van der Waals surface area contributed by atoms with Crippen molar-refractivity contribution in [1.29, 1.82) is 5.26 Å². The first-order valence-electron chi connectivity index (χ1n) is 5.15. The number of amides is 1. The molecule has 1 amide bonds. The van der Waals surface area contributed by atoms with Crippen molar-refractivity contribution >= 4 is 28.9 Å². The molecule has 92 valence electrons. The van der Waals surface area contributed by atoms with E-state index in [2.05, 4.69) is 5.32 Å². The number of hydrogen-bond donors (Lipinski definition) is 1. The first-order chi connectivity index (χ1) is 8.48. The summed E-state index contributed by atoms with van der Waals surface area (Å²) in [5, 5.41) is 22.1. The zero-order valence-corrected chi connectivity index (χ0v) is 9.90. The number of benzene rings is 1. The van der Waals surface area contributed by atoms with Gasteiger partial charge in [0.2, 0.25) is 5.91 Å². The number of nitriles is 1. The topological polar surface area (TPSA) is 96.0 Å². The van der Waals surface area contributed by atoms with E-state index in [0.717, 1.165) is 0 Å². The first-order valence-corrected chi connectivity index (χ1v) is 5.53. The van der Waals surface area contributed by atoms with E-state index in [1.54, 1.807) is 0 Å². The Morgan fingerprint density at radius 3 is 2.72 bits per heavy atom. The number of carbonyl (C=O) groups is 1. The van der Waals surface area contributed by atoms with Gasteiger partial charge in [-0.15, -0.1) is 0 Å². The number of rotatable bonds is 3. The molecular weight excluding hydrogens is 258 g/mol. The average Bonchev–Trinajstić information content (AvgIpc) is 3.12. The number of nitro benzene ring substituents is 1. The Hall–Kier alpha value is -2.13. The van der Waals surface area contributed by atoms with Crippen LogP contribution in [0, 0.1) is 26.9 Å². The second-order valence-electron chi connectivity index (χ2n) is 4.07. The third-order valence-corrected chi connectivity index (χ3v) is 3.14. The summed E-state index contributed by atoms with van der Waals surface area (Å²) in [7, 11) is 0. The highest BCUT2D eigenvalue weighted by atomic mass is 35.5. The molecule has 0 heterocycles. The molecule has 6 nitrogen and oxygen atoms in total. The Labute approximate surface area is 107 Å². The van der Waals surface area contributed by atoms with Crippen LogP contribution < -0.4 is 5.32 Å². The molecule has 0 unspecified atom stereocenters. The molecule has 1 saturated carbocycles. The van der Waals surface area contributed by atoms with Gasteiger partial charge in [0, 0.05) is 12.1 Å². The molecule has 0 aliphatic heterocycles. The van der Waals surface area contributed by atoms with Gasteiger partial charge in [-0.3, -0.25) is 14.9 Å². The summed E-state index contributed by atoms with van der Waals surface area (Å²) in [6.07, 6.45) is 1.00. The van der Waals surface area contributed by atoms with Crippen LogP contribution in [0.5, 0.6) is 0 Å². The number of carbonyl (C=O) groups excluding carboxylic acids is 1. The largest absolute Gasteiger partial charge is 0.323 e. The SMILES string of the molecule is N#CC1(C(=O)Nc2cc([N+](=O)[O-])ccc2Cl)CC1. The van der Waals surface area contributed by atoms with Gasteiger partial charge in [0.15, 0.2) is 0 Å². The van der Waals surface area contributed by atoms with Crippen LogP contribution in [0.15, 0.2) is 18.2 Å². The Morgan fingerprint density at radius 1 is 1.56 bits per heavy atom. The van der Waals surface area contributed by atoms with Crippen molar-refractivity contribution in [2.45, 2.75) is 12.8 Å². The third-order valence-electron chi connectivity index (χ3n) is 2.81. The second kappa shape index (κ2) is 4.27. The lowest BCUT2D eigenvalue weighted by atomic mass is 10.1. The molecule has 1 aromatic carbocycles. The monoisotopic (exact) mass is 265 g/mol. The zero-order chi connectivity index (χ0) is 13.3. The fraction of sp³-hybridized carbons (Fsp3) is 0.273. The smallest absolute Gasteiger partial charge is 0.271 e. The summed E-state index contributed by atoms with van der Waals surface area (Å²) in [5.41, 5.74) is -1.01. The lowest BCUT2D eigenvalue weighted by Gasteiger charge is -2.09. The van der Waals surface area contributed by atoms with Crippen molar-refractivity contribution in [3.05, 3.63) is 33.3 Å². The van der Waals surface area contributed by atoms with E-state index in [1.807, 2.05) is 6.07 Å². The Bertz CT molecular complexity index is 575. The van der Waals surface area contributed by atoms with Crippen molar-refractivity contribution in [2.24, 2.45) is 5.41 Å². The molecule has 2 rings (SSSR count). The molecule has 1 aliphatic rings. The van der Waals surface area contributed by atoms with Gasteiger partial charge in [0.05, 0.1) is 21.7 Å². The Morgan fingerprint density at radius 2 is 2.22 bits per heavy atom. The third kappa shape index (κ3) is 2.13. The van der Waals surface area contributed by atoms with Crippen molar-refractivity contribution in [2.75, 3.05) is 5.32 Å². The van der Waals surface area contributed by atoms with Crippen LogP contribution in [-0.4, -0.2) is 10.8 Å². The number of nitrogens with zero attached hydrogens (tertiary/aromatic N) is 2. The molecule has 0 radical (unpaired) electrons. The van der Waals surface area contributed by atoms with Crippen LogP contribution in [0.3, 0.4) is 0 Å². The van der Waals surface area contributed by atoms with Crippen LogP contribution in [0.1, 0.15) is 12.8 Å². The van der Waals surface area contributed by atoms with Gasteiger partial charge >= 0.3 is 0 Å². The van der Waals surface area contributed by atoms with Gasteiger partial charge in [0.1, 0.15) is 5.41 Å². The standard InChI is InChI=1S/C11H8ClN3O3/c12-8-2-1-7(15(17)18)5-9(8)14-10(16)11(6-13)3-4-11/h1-2,5H,3-4H2,(H,14,16). The number of nitrogens with one attached hydrogen (secondary N) is 1. The minimum absolute atomic E-state index is 0.150. The minimum Gasteiger partial charge on any atom is -0.323 e. The van der Waals surface area contributed by atoms with E-state index in [4.69, 9.17) is 16.9 Å². The van der Waals surface area contributed by atoms with E-state index >= 15 is 0 Å². The highest BCUT2D eigenvalue weighted by molar-refractivity contribution is 6.33. The quantitative estimate of drug-likeness (QED) is 0.671. The molecule has 18 heavy (non-hydrogen) atoms. The lowest BCUT2D eigenvalue weighted by molar-refractivity contribution is -0.384. The number of hydrogen-bond acceptors (Lipinski definition) is 4. The normalized spacial score (nSPS) is 15.6. The predicted octanol–water partition coefficient (Wildman–Crippen LogP) is 2.49. The van der Waals surface area contributed by atoms with Gasteiger partial charge in [-0.05, 0) is 18.9 Å². The highest BCUT2D eigenvalue weighted by Gasteiger charge is 2.50. The fourth-order valence-corrected chi connectivity index (χ4v) is 1.64. The summed E-state index contributed by atoms with van der Waals surface area (Å²) in [5.74, 6) is -0.465. The molecule has 1 aromatic rings. The van der Waals surface area contributed by atoms with E-state index < -0.39 is 16.2 Å². The fourth-order valence-electron chi connectivity index (χ4n) is 1.48. The second-order valence-corrected chi connectivity index (χ2v) is 4.48. The van der Waals surface area contributed by atoms with Gasteiger partial charge in [0.25, 0.3) is 5.69 Å². The average molecular weight is 266 g/mol. The summed E-state index contributed by atoms with van der Waals surface area (Å²) >= 11 is 5.84. The number of non-ortho nitro benzene ring substituents is 1. The van der Waals surface area contributed by atoms with E-state index in [1.165, 1.54) is 18.2 Å². The van der Waals surface area contributed by atoms with Crippen molar-refractivity contribution < 1.29 is 9.72 Å². The van der Waals surface area contributed by atoms with Crippen LogP contribution >= 0.6 is 11.6 Å². The van der Waals surface area contributed by atoms with Crippen LogP contribution in [0.2, 0.25) is 5.02 Å². The van der Waals surface area contributed by atoms with E-state index in [0.29, 0.717) is 12.8 Å². The van der Waals surface area contributed by atoms with Crippen LogP contribution in [0.4, 0.5) is 11.4 Å². The molecular formula is C11H8ClN3O3. The van der Waals surface area contributed by atoms with Gasteiger partial charge < -0.3 is 5.32 Å². The summed E-state index contributed by atoms with van der Waals surface area (Å²) in [4.78, 5) is 21.8. The van der Waals surface area contributed by atoms with Crippen LogP contribution in [-0.2, 0) is 4.79 Å². The molecule has 0 saturated heterocycles. The maximum atomic E-state index is 11.8. The van der Waals surface area contributed by atoms with Crippen molar-refractivity contribution in [3.8, 4) is 6.07 Å². The highest BCUT2D eigenvalue weighted by Crippen LogP contribution is 2.46. The van der Waals surface area contributed by atoms with Gasteiger partial charge in [-0.2, -0.15) is 5.26 Å². The van der Waals surface area contributed by atoms with Gasteiger partial charge in [-0.1, -0.05) is 11.6 Å². The predicted molar refractivity (Wildman–Crippen MR) is 64.0 cm³/mol. The summed E-state index contributed by atoms with van der Waals surface area (Å²) in [6, 6.07) is 5.69. The van der Waals surface area contributed by atoms with Crippen molar-refractivity contribution in [3.63, 3.8) is 0 Å². The molecule has 0 aromatic heterocycles. The first kappa shape index (κ1) is 12.3. The molecule has 0 bridgehead atoms. The maximum absolute atomic E-state index is 11.8. The maximum Gasteiger partial charge on any atom is 0.271 e. The molecule has 0 atom stereocenters. The van der Waals surface area contributed by atoms with E-state index in [9.17, 15) is 14.9 Å². The molecule has 1 fully saturated rings. The summed E-state index contributed by atoms with van der Waals surface area (Å²) < 4.78 is 0. The Kier molecular flexibility index (Phi) is 2.93. The number of nitro groups is 1. The van der Waals surface area contributed by atoms with Gasteiger partial charge in [-0.25, -0.2) is 0 Å². The van der Waals surface area contributed by atoms with Crippen LogP contribution in [0.25, 0.3) is 0 Å². The molecule has 0 spiro atoms. The molecule has 7 heteroatoms.